The second kappa shape index (κ2) is 7.04. The minimum atomic E-state index is -3.28. The Morgan fingerprint density at radius 1 is 1.33 bits per heavy atom. The van der Waals surface area contributed by atoms with Gasteiger partial charge >= 0.3 is 0 Å². The molecule has 1 atom stereocenters. The molecule has 0 radical (unpaired) electrons. The first kappa shape index (κ1) is 17.1. The Morgan fingerprint density at radius 2 is 2.17 bits per heavy atom. The van der Waals surface area contributed by atoms with Crippen molar-refractivity contribution in [3.05, 3.63) is 46.7 Å². The molecule has 1 amide bonds. The molecule has 0 saturated carbocycles. The van der Waals surface area contributed by atoms with Crippen LogP contribution >= 0.6 is 11.3 Å². The summed E-state index contributed by atoms with van der Waals surface area (Å²) in [5.41, 5.74) is 0.509. The highest BCUT2D eigenvalue weighted by Crippen LogP contribution is 2.34. The van der Waals surface area contributed by atoms with E-state index in [-0.39, 0.29) is 10.8 Å². The number of anilines is 1. The van der Waals surface area contributed by atoms with Crippen molar-refractivity contribution in [3.8, 4) is 0 Å². The first-order valence-electron chi connectivity index (χ1n) is 7.81. The van der Waals surface area contributed by atoms with Crippen LogP contribution in [0, 0.1) is 0 Å². The SMILES string of the molecule is CS(=O)(=O)c1cccc(NC(=O)CN2CCC[C@@H]2c2cccs2)c1. The normalized spacial score (nSPS) is 18.6. The van der Waals surface area contributed by atoms with Crippen LogP contribution in [0.5, 0.6) is 0 Å². The summed E-state index contributed by atoms with van der Waals surface area (Å²) in [6.07, 6.45) is 3.31. The molecule has 128 valence electrons. The number of rotatable bonds is 5. The summed E-state index contributed by atoms with van der Waals surface area (Å²) >= 11 is 1.72. The minimum Gasteiger partial charge on any atom is -0.325 e. The number of carbonyl (C=O) groups excluding carboxylic acids is 1. The molecule has 2 aromatic rings. The van der Waals surface area contributed by atoms with E-state index in [4.69, 9.17) is 0 Å². The predicted molar refractivity (Wildman–Crippen MR) is 96.0 cm³/mol. The molecule has 1 aromatic carbocycles. The summed E-state index contributed by atoms with van der Waals surface area (Å²) in [5, 5.41) is 4.86. The smallest absolute Gasteiger partial charge is 0.238 e. The molecule has 1 aliphatic rings. The summed E-state index contributed by atoms with van der Waals surface area (Å²) < 4.78 is 23.2. The molecule has 2 heterocycles. The van der Waals surface area contributed by atoms with E-state index in [0.29, 0.717) is 18.3 Å². The second-order valence-electron chi connectivity index (χ2n) is 5.99. The number of hydrogen-bond acceptors (Lipinski definition) is 5. The van der Waals surface area contributed by atoms with Gasteiger partial charge in [-0.3, -0.25) is 9.69 Å². The Hall–Kier alpha value is -1.70. The number of sulfone groups is 1. The number of nitrogens with one attached hydrogen (secondary N) is 1. The van der Waals surface area contributed by atoms with Gasteiger partial charge in [0.1, 0.15) is 0 Å². The third kappa shape index (κ3) is 4.03. The van der Waals surface area contributed by atoms with Gasteiger partial charge in [0, 0.05) is 22.9 Å². The van der Waals surface area contributed by atoms with E-state index in [1.165, 1.54) is 17.0 Å². The molecular formula is C17H20N2O3S2. The average Bonchev–Trinajstić information content (AvgIpc) is 3.17. The first-order valence-corrected chi connectivity index (χ1v) is 10.6. The molecule has 3 rings (SSSR count). The van der Waals surface area contributed by atoms with E-state index in [0.717, 1.165) is 25.6 Å². The fraction of sp³-hybridized carbons (Fsp3) is 0.353. The largest absolute Gasteiger partial charge is 0.325 e. The zero-order valence-electron chi connectivity index (χ0n) is 13.4. The maximum absolute atomic E-state index is 12.3. The van der Waals surface area contributed by atoms with Gasteiger partial charge in [-0.1, -0.05) is 12.1 Å². The highest BCUT2D eigenvalue weighted by atomic mass is 32.2. The lowest BCUT2D eigenvalue weighted by molar-refractivity contribution is -0.117. The van der Waals surface area contributed by atoms with Crippen molar-refractivity contribution in [3.63, 3.8) is 0 Å². The molecular weight excluding hydrogens is 344 g/mol. The Bertz CT molecular complexity index is 816. The van der Waals surface area contributed by atoms with E-state index >= 15 is 0 Å². The molecule has 1 aliphatic heterocycles. The van der Waals surface area contributed by atoms with Crippen LogP contribution in [0.3, 0.4) is 0 Å². The molecule has 7 heteroatoms. The lowest BCUT2D eigenvalue weighted by atomic mass is 10.2. The summed E-state index contributed by atoms with van der Waals surface area (Å²) in [5.74, 6) is -0.121. The second-order valence-corrected chi connectivity index (χ2v) is 8.99. The molecule has 0 unspecified atom stereocenters. The van der Waals surface area contributed by atoms with Gasteiger partial charge in [-0.05, 0) is 49.0 Å². The van der Waals surface area contributed by atoms with Gasteiger partial charge in [-0.2, -0.15) is 0 Å². The van der Waals surface area contributed by atoms with Crippen LogP contribution in [0.25, 0.3) is 0 Å². The van der Waals surface area contributed by atoms with Gasteiger partial charge in [-0.15, -0.1) is 11.3 Å². The van der Waals surface area contributed by atoms with E-state index in [2.05, 4.69) is 21.7 Å². The summed E-state index contributed by atoms with van der Waals surface area (Å²) in [6.45, 7) is 1.21. The monoisotopic (exact) mass is 364 g/mol. The Labute approximate surface area is 146 Å². The Morgan fingerprint density at radius 3 is 2.88 bits per heavy atom. The Kier molecular flexibility index (Phi) is 5.03. The third-order valence-electron chi connectivity index (χ3n) is 4.13. The fourth-order valence-electron chi connectivity index (χ4n) is 3.01. The van der Waals surface area contributed by atoms with E-state index in [1.54, 1.807) is 23.5 Å². The van der Waals surface area contributed by atoms with Crippen LogP contribution in [0.2, 0.25) is 0 Å². The maximum Gasteiger partial charge on any atom is 0.238 e. The van der Waals surface area contributed by atoms with Crippen LogP contribution in [-0.4, -0.2) is 38.6 Å². The van der Waals surface area contributed by atoms with E-state index in [1.807, 2.05) is 6.07 Å². The molecule has 5 nitrogen and oxygen atoms in total. The fourth-order valence-corrected chi connectivity index (χ4v) is 4.57. The van der Waals surface area contributed by atoms with Crippen LogP contribution < -0.4 is 5.32 Å². The van der Waals surface area contributed by atoms with Gasteiger partial charge in [0.15, 0.2) is 9.84 Å². The van der Waals surface area contributed by atoms with Crippen molar-refractivity contribution in [1.29, 1.82) is 0 Å². The number of nitrogens with zero attached hydrogens (tertiary/aromatic N) is 1. The molecule has 1 fully saturated rings. The van der Waals surface area contributed by atoms with E-state index in [9.17, 15) is 13.2 Å². The standard InChI is InChI=1S/C17H20N2O3S2/c1-24(21,22)14-6-2-5-13(11-14)18-17(20)12-19-9-3-7-15(19)16-8-4-10-23-16/h2,4-6,8,10-11,15H,3,7,9,12H2,1H3,(H,18,20)/t15-/m1/s1. The molecule has 1 saturated heterocycles. The summed E-state index contributed by atoms with van der Waals surface area (Å²) in [7, 11) is -3.28. The minimum absolute atomic E-state index is 0.121. The zero-order valence-corrected chi connectivity index (χ0v) is 15.1. The molecule has 24 heavy (non-hydrogen) atoms. The predicted octanol–water partition coefficient (Wildman–Crippen LogP) is 2.93. The lowest BCUT2D eigenvalue weighted by Crippen LogP contribution is -2.32. The number of hydrogen-bond donors (Lipinski definition) is 1. The van der Waals surface area contributed by atoms with Crippen LogP contribution in [-0.2, 0) is 14.6 Å². The molecule has 1 N–H and O–H groups in total. The summed E-state index contributed by atoms with van der Waals surface area (Å²) in [6, 6.07) is 10.8. The third-order valence-corrected chi connectivity index (χ3v) is 6.21. The van der Waals surface area contributed by atoms with Gasteiger partial charge in [0.05, 0.1) is 11.4 Å². The summed E-state index contributed by atoms with van der Waals surface area (Å²) in [4.78, 5) is 16.0. The number of amides is 1. The average molecular weight is 364 g/mol. The zero-order chi connectivity index (χ0) is 17.2. The van der Waals surface area contributed by atoms with Gasteiger partial charge in [0.2, 0.25) is 5.91 Å². The number of likely N-dealkylation sites (tertiary alicyclic amines) is 1. The van der Waals surface area contributed by atoms with Crippen molar-refractivity contribution in [2.24, 2.45) is 0 Å². The number of carbonyl (C=O) groups is 1. The molecule has 0 spiro atoms. The van der Waals surface area contributed by atoms with Gasteiger partial charge in [0.25, 0.3) is 0 Å². The Balaban J connectivity index is 1.66. The van der Waals surface area contributed by atoms with Crippen molar-refractivity contribution >= 4 is 32.8 Å². The van der Waals surface area contributed by atoms with Gasteiger partial charge < -0.3 is 5.32 Å². The number of thiophene rings is 1. The molecule has 0 bridgehead atoms. The molecule has 1 aromatic heterocycles. The lowest BCUT2D eigenvalue weighted by Gasteiger charge is -2.22. The van der Waals surface area contributed by atoms with Crippen LogP contribution in [0.15, 0.2) is 46.7 Å². The highest BCUT2D eigenvalue weighted by Gasteiger charge is 2.28. The quantitative estimate of drug-likeness (QED) is 0.886. The topological polar surface area (TPSA) is 66.5 Å². The van der Waals surface area contributed by atoms with Crippen molar-refractivity contribution in [2.45, 2.75) is 23.8 Å². The van der Waals surface area contributed by atoms with Crippen LogP contribution in [0.1, 0.15) is 23.8 Å². The van der Waals surface area contributed by atoms with E-state index < -0.39 is 9.84 Å². The van der Waals surface area contributed by atoms with Crippen molar-refractivity contribution in [2.75, 3.05) is 24.7 Å². The number of benzene rings is 1. The van der Waals surface area contributed by atoms with Gasteiger partial charge in [-0.25, -0.2) is 8.42 Å². The maximum atomic E-state index is 12.3. The van der Waals surface area contributed by atoms with Crippen molar-refractivity contribution in [1.82, 2.24) is 4.90 Å². The highest BCUT2D eigenvalue weighted by molar-refractivity contribution is 7.90. The molecule has 0 aliphatic carbocycles. The van der Waals surface area contributed by atoms with Crippen molar-refractivity contribution < 1.29 is 13.2 Å². The van der Waals surface area contributed by atoms with Crippen LogP contribution in [0.4, 0.5) is 5.69 Å². The first-order chi connectivity index (χ1) is 11.4.